The Morgan fingerprint density at radius 1 is 0.837 bits per heavy atom. The number of benzene rings is 2. The number of nitrogens with zero attached hydrogens (tertiary/aromatic N) is 2. The molecule has 2 N–H and O–H groups in total. The molecule has 0 radical (unpaired) electrons. The normalized spacial score (nSPS) is 14.1. The van der Waals surface area contributed by atoms with Gasteiger partial charge in [0.05, 0.1) is 0 Å². The van der Waals surface area contributed by atoms with Crippen molar-refractivity contribution in [1.82, 2.24) is 0 Å². The van der Waals surface area contributed by atoms with E-state index >= 15 is 0 Å². The Morgan fingerprint density at radius 2 is 1.42 bits per heavy atom. The van der Waals surface area contributed by atoms with E-state index in [4.69, 9.17) is 0 Å². The van der Waals surface area contributed by atoms with Crippen molar-refractivity contribution in [2.45, 2.75) is 97.4 Å². The number of fused-ring (bicyclic) bond motifs is 1. The number of carboxylic acid groups (broad SMARTS) is 1. The minimum atomic E-state index is -0.939. The van der Waals surface area contributed by atoms with Crippen LogP contribution in [0, 0.1) is 0 Å². The first-order chi connectivity index (χ1) is 20.9. The molecule has 4 rings (SSSR count). The fourth-order valence-corrected chi connectivity index (χ4v) is 8.10. The van der Waals surface area contributed by atoms with Crippen LogP contribution in [0.25, 0.3) is 21.4 Å². The second kappa shape index (κ2) is 16.6. The van der Waals surface area contributed by atoms with Gasteiger partial charge in [0.1, 0.15) is 0 Å². The summed E-state index contributed by atoms with van der Waals surface area (Å²) in [5, 5.41) is 20.4. The molecule has 230 valence electrons. The number of allylic oxidation sites excluding steroid dienone is 2. The fraction of sp³-hybridized carbons (Fsp3) is 0.472. The van der Waals surface area contributed by atoms with Gasteiger partial charge in [0.25, 0.3) is 0 Å². The summed E-state index contributed by atoms with van der Waals surface area (Å²) in [6, 6.07) is 15.8. The van der Waals surface area contributed by atoms with Crippen molar-refractivity contribution in [3.63, 3.8) is 0 Å². The molecule has 0 fully saturated rings. The number of aromatic nitrogens is 1. The summed E-state index contributed by atoms with van der Waals surface area (Å²) in [6.07, 6.45) is 16.9. The van der Waals surface area contributed by atoms with Gasteiger partial charge in [-0.05, 0) is 0 Å². The number of carbonyl (C=O) groups is 2. The van der Waals surface area contributed by atoms with Crippen LogP contribution in [0.3, 0.4) is 0 Å². The Bertz CT molecular complexity index is 1420. The molecule has 2 aromatic carbocycles. The third-order valence-corrected chi connectivity index (χ3v) is 10.6. The molecule has 1 heterocycles. The van der Waals surface area contributed by atoms with E-state index in [1.165, 1.54) is 82.7 Å². The quantitative estimate of drug-likeness (QED) is 0.0601. The number of unbranched alkanes of at least 4 members (excludes halogenated alkanes) is 10. The first-order valence-electron chi connectivity index (χ1n) is 16.1. The van der Waals surface area contributed by atoms with Gasteiger partial charge in [-0.1, -0.05) is 78.1 Å². The number of Topliss-reactive ketones (excluding diaryl/α,β-unsaturated/α-hetero) is 1. The van der Waals surface area contributed by atoms with Crippen LogP contribution in [0.1, 0.15) is 101 Å². The van der Waals surface area contributed by atoms with Crippen molar-refractivity contribution in [1.29, 1.82) is 0 Å². The molecule has 0 unspecified atom stereocenters. The number of hydrogen-bond donors (Lipinski definition) is 2. The summed E-state index contributed by atoms with van der Waals surface area (Å²) in [5.41, 5.74) is 3.33. The van der Waals surface area contributed by atoms with Gasteiger partial charge in [0, 0.05) is 0 Å². The predicted octanol–water partition coefficient (Wildman–Crippen LogP) is 7.73. The van der Waals surface area contributed by atoms with Crippen LogP contribution >= 0.6 is 0 Å². The Balaban J connectivity index is 1.47. The molecule has 0 saturated carbocycles. The van der Waals surface area contributed by atoms with E-state index in [9.17, 15) is 19.8 Å². The van der Waals surface area contributed by atoms with Crippen molar-refractivity contribution < 1.29 is 24.4 Å². The number of para-hydroxylation sites is 1. The van der Waals surface area contributed by atoms with E-state index < -0.39 is 5.97 Å². The van der Waals surface area contributed by atoms with Gasteiger partial charge in [-0.15, -0.1) is 0 Å². The average molecular weight is 651 g/mol. The molecule has 0 aliphatic heterocycles. The van der Waals surface area contributed by atoms with E-state index in [-0.39, 0.29) is 38.2 Å². The van der Waals surface area contributed by atoms with Gasteiger partial charge in [0.15, 0.2) is 0 Å². The summed E-state index contributed by atoms with van der Waals surface area (Å²) in [4.78, 5) is 27.3. The molecular formula is C36H47N2O4Se+. The monoisotopic (exact) mass is 651 g/mol. The molecule has 0 saturated heterocycles. The van der Waals surface area contributed by atoms with E-state index in [1.54, 1.807) is 10.6 Å². The maximum atomic E-state index is 13.2. The van der Waals surface area contributed by atoms with Crippen LogP contribution in [0.2, 0.25) is 0 Å². The molecule has 1 aliphatic carbocycles. The Labute approximate surface area is 262 Å². The standard InChI is InChI=1S/C36H46N2O4Se/c1-3-5-7-9-11-15-23-37(24-16-12-10-8-6-4-2)28-21-19-27(20-22-28)34-35(41)29(36(34)42)25-32-38(26-33(39)40)30-17-13-14-18-31(30)43-32/h13-14,17-22,25H,3-12,15-16,23-24,26H2,1-2H3,(H-,39,40,41,42)/p+1. The van der Waals surface area contributed by atoms with Crippen molar-refractivity contribution in [2.24, 2.45) is 0 Å². The zero-order chi connectivity index (χ0) is 30.6. The summed E-state index contributed by atoms with van der Waals surface area (Å²) in [5.74, 6) is -1.15. The van der Waals surface area contributed by atoms with E-state index in [0.717, 1.165) is 33.0 Å². The number of ketones is 1. The number of aliphatic hydroxyl groups excluding tert-OH is 1. The van der Waals surface area contributed by atoms with Gasteiger partial charge in [0.2, 0.25) is 0 Å². The minimum absolute atomic E-state index is 0.0108. The van der Waals surface area contributed by atoms with Crippen LogP contribution in [0.15, 0.2) is 59.9 Å². The summed E-state index contributed by atoms with van der Waals surface area (Å²) in [6.45, 7) is 6.39. The van der Waals surface area contributed by atoms with Crippen molar-refractivity contribution in [3.05, 3.63) is 70.0 Å². The molecular weight excluding hydrogens is 603 g/mol. The first-order valence-corrected chi connectivity index (χ1v) is 17.8. The molecule has 0 atom stereocenters. The second-order valence-corrected chi connectivity index (χ2v) is 13.8. The van der Waals surface area contributed by atoms with Gasteiger partial charge in [-0.2, -0.15) is 0 Å². The number of aliphatic carboxylic acids is 1. The number of anilines is 1. The molecule has 6 nitrogen and oxygen atoms in total. The third kappa shape index (κ3) is 8.70. The zero-order valence-electron chi connectivity index (χ0n) is 25.8. The van der Waals surface area contributed by atoms with Crippen LogP contribution < -0.4 is 9.47 Å². The van der Waals surface area contributed by atoms with Crippen LogP contribution in [0.5, 0.6) is 0 Å². The van der Waals surface area contributed by atoms with E-state index in [2.05, 4.69) is 30.9 Å². The molecule has 43 heavy (non-hydrogen) atoms. The SMILES string of the molecule is CCCCCCCCN(CCCCCCCC)c1ccc(C2=C(O)C(=Cc3[se]c4ccccc4[n+]3CC(=O)O)C2=O)cc1. The first kappa shape index (κ1) is 32.8. The van der Waals surface area contributed by atoms with E-state index in [0.29, 0.717) is 5.57 Å². The maximum absolute atomic E-state index is 13.2. The Hall–Kier alpha value is -3.15. The number of rotatable bonds is 19. The van der Waals surface area contributed by atoms with Crippen LogP contribution in [0.4, 0.5) is 5.69 Å². The van der Waals surface area contributed by atoms with Gasteiger partial charge >= 0.3 is 185 Å². The summed E-state index contributed by atoms with van der Waals surface area (Å²) in [7, 11) is 0. The molecule has 1 aromatic heterocycles. The molecule has 7 heteroatoms. The van der Waals surface area contributed by atoms with Crippen LogP contribution in [-0.2, 0) is 16.1 Å². The Kier molecular flexibility index (Phi) is 12.7. The fourth-order valence-electron chi connectivity index (χ4n) is 5.78. The third-order valence-electron chi connectivity index (χ3n) is 8.25. The zero-order valence-corrected chi connectivity index (χ0v) is 27.5. The van der Waals surface area contributed by atoms with Crippen molar-refractivity contribution in [2.75, 3.05) is 18.0 Å². The topological polar surface area (TPSA) is 81.7 Å². The van der Waals surface area contributed by atoms with E-state index in [1.807, 2.05) is 36.4 Å². The molecule has 0 amide bonds. The molecule has 3 aromatic rings. The van der Waals surface area contributed by atoms with Crippen molar-refractivity contribution in [3.8, 4) is 0 Å². The number of hydrogen-bond acceptors (Lipinski definition) is 4. The molecule has 0 bridgehead atoms. The second-order valence-electron chi connectivity index (χ2n) is 11.6. The van der Waals surface area contributed by atoms with Crippen LogP contribution in [-0.4, -0.2) is 49.6 Å². The summed E-state index contributed by atoms with van der Waals surface area (Å²) < 4.78 is 3.57. The number of carbonyl (C=O) groups excluding carboxylic acids is 1. The van der Waals surface area contributed by atoms with Crippen molar-refractivity contribution >= 4 is 53.4 Å². The van der Waals surface area contributed by atoms with Gasteiger partial charge in [-0.25, -0.2) is 0 Å². The Morgan fingerprint density at radius 3 is 2.00 bits per heavy atom. The van der Waals surface area contributed by atoms with Gasteiger partial charge < -0.3 is 0 Å². The average Bonchev–Trinajstić information content (AvgIpc) is 3.35. The molecule has 0 spiro atoms. The number of aliphatic hydroxyl groups is 1. The van der Waals surface area contributed by atoms with Gasteiger partial charge in [-0.3, -0.25) is 0 Å². The number of carboxylic acids is 1. The predicted molar refractivity (Wildman–Crippen MR) is 177 cm³/mol. The molecule has 1 aliphatic rings. The summed E-state index contributed by atoms with van der Waals surface area (Å²) >= 11 is -0.146.